The third-order valence-corrected chi connectivity index (χ3v) is 5.21. The van der Waals surface area contributed by atoms with Crippen molar-refractivity contribution in [3.63, 3.8) is 0 Å². The molecule has 1 aromatic heterocycles. The molecule has 0 fully saturated rings. The molecule has 5 heteroatoms. The first-order valence-corrected chi connectivity index (χ1v) is 8.62. The van der Waals surface area contributed by atoms with Gasteiger partial charge in [-0.15, -0.1) is 0 Å². The van der Waals surface area contributed by atoms with Crippen LogP contribution in [0.3, 0.4) is 0 Å². The summed E-state index contributed by atoms with van der Waals surface area (Å²) < 4.78 is 12.7. The first-order valence-electron chi connectivity index (χ1n) is 5.47. The molecule has 0 radical (unpaired) electrons. The topological polar surface area (TPSA) is 31.4 Å². The van der Waals surface area contributed by atoms with E-state index < -0.39 is 0 Å². The predicted octanol–water partition coefficient (Wildman–Crippen LogP) is 2.21. The zero-order valence-corrected chi connectivity index (χ0v) is 14.1. The van der Waals surface area contributed by atoms with E-state index in [1.807, 2.05) is 0 Å². The summed E-state index contributed by atoms with van der Waals surface area (Å²) in [4.78, 5) is 4.69. The molecule has 0 saturated heterocycles. The monoisotopic (exact) mass is 423 g/mol. The Morgan fingerprint density at radius 3 is 2.67 bits per heavy atom. The summed E-state index contributed by atoms with van der Waals surface area (Å²) in [5.74, 6) is 0. The Hall–Kier alpha value is -0.201. The van der Waals surface area contributed by atoms with Crippen molar-refractivity contribution >= 4 is 53.0 Å². The van der Waals surface area contributed by atoms with E-state index in [9.17, 15) is 0 Å². The third-order valence-electron chi connectivity index (χ3n) is 2.52. The fourth-order valence-electron chi connectivity index (χ4n) is 1.54. The Bertz CT molecular complexity index is 531. The van der Waals surface area contributed by atoms with Gasteiger partial charge in [-0.1, -0.05) is 0 Å². The number of nitrogens with zero attached hydrogens (tertiary/aromatic N) is 1. The number of rotatable bonds is 5. The van der Waals surface area contributed by atoms with Crippen molar-refractivity contribution in [2.24, 2.45) is 0 Å². The van der Waals surface area contributed by atoms with Crippen molar-refractivity contribution in [3.05, 3.63) is 33.9 Å². The molecule has 0 bridgehead atoms. The zero-order chi connectivity index (χ0) is 13.0. The second kappa shape index (κ2) is 6.82. The molecule has 1 heterocycles. The normalized spacial score (nSPS) is 11.3. The molecule has 1 aromatic carbocycles. The summed E-state index contributed by atoms with van der Waals surface area (Å²) in [7, 11) is 3.33. The molecule has 0 aliphatic rings. The Labute approximate surface area is 127 Å². The average Bonchev–Trinajstić information content (AvgIpc) is 2.39. The van der Waals surface area contributed by atoms with E-state index in [1.54, 1.807) is 14.2 Å². The van der Waals surface area contributed by atoms with Crippen LogP contribution in [0.2, 0.25) is 5.32 Å². The number of benzene rings is 1. The summed E-state index contributed by atoms with van der Waals surface area (Å²) in [5, 5.41) is 2.06. The molecule has 0 N–H and O–H groups in total. The second-order valence-electron chi connectivity index (χ2n) is 3.70. The summed E-state index contributed by atoms with van der Waals surface area (Å²) in [5.41, 5.74) is 1.06. The van der Waals surface area contributed by atoms with Gasteiger partial charge >= 0.3 is 127 Å². The van der Waals surface area contributed by atoms with E-state index in [4.69, 9.17) is 9.47 Å². The van der Waals surface area contributed by atoms with Gasteiger partial charge in [0.25, 0.3) is 0 Å². The minimum atomic E-state index is -0.126. The fourth-order valence-corrected chi connectivity index (χ4v) is 3.91. The van der Waals surface area contributed by atoms with Gasteiger partial charge in [0, 0.05) is 0 Å². The van der Waals surface area contributed by atoms with Crippen LogP contribution in [0.5, 0.6) is 0 Å². The molecule has 96 valence electrons. The predicted molar refractivity (Wildman–Crippen MR) is 82.5 cm³/mol. The number of hydrogen-bond donors (Lipinski definition) is 0. The van der Waals surface area contributed by atoms with Gasteiger partial charge in [0.2, 0.25) is 0 Å². The van der Waals surface area contributed by atoms with Gasteiger partial charge in [0.05, 0.1) is 0 Å². The SMILES string of the molecule is COC(C[Se]c1ccc2ccc(I)cc2n1)OC. The van der Waals surface area contributed by atoms with Gasteiger partial charge in [-0.3, -0.25) is 0 Å². The van der Waals surface area contributed by atoms with Crippen LogP contribution in [0.4, 0.5) is 0 Å². The number of hydrogen-bond acceptors (Lipinski definition) is 3. The quantitative estimate of drug-likeness (QED) is 0.421. The van der Waals surface area contributed by atoms with Crippen molar-refractivity contribution in [2.45, 2.75) is 11.6 Å². The number of pyridine rings is 1. The summed E-state index contributed by atoms with van der Waals surface area (Å²) in [6, 6.07) is 10.5. The molecule has 0 aliphatic carbocycles. The molecule has 3 nitrogen and oxygen atoms in total. The number of fused-ring (bicyclic) bond motifs is 1. The first-order chi connectivity index (χ1) is 8.72. The molecule has 0 atom stereocenters. The van der Waals surface area contributed by atoms with Crippen LogP contribution >= 0.6 is 22.6 Å². The first kappa shape index (κ1) is 14.2. The van der Waals surface area contributed by atoms with Crippen LogP contribution in [0.15, 0.2) is 30.3 Å². The zero-order valence-electron chi connectivity index (χ0n) is 10.2. The van der Waals surface area contributed by atoms with Crippen molar-refractivity contribution in [1.82, 2.24) is 4.98 Å². The summed E-state index contributed by atoms with van der Waals surface area (Å²) in [6.45, 7) is 0. The van der Waals surface area contributed by atoms with Crippen LogP contribution in [0.1, 0.15) is 0 Å². The Morgan fingerprint density at radius 2 is 1.94 bits per heavy atom. The van der Waals surface area contributed by atoms with Gasteiger partial charge < -0.3 is 0 Å². The standard InChI is InChI=1S/C13H14INO2Se/c1-16-13(17-2)8-18-12-6-4-9-3-5-10(14)7-11(9)15-12/h3-7,13H,8H2,1-2H3. The molecule has 2 rings (SSSR count). The number of ether oxygens (including phenoxy) is 2. The van der Waals surface area contributed by atoms with Gasteiger partial charge in [0.15, 0.2) is 0 Å². The van der Waals surface area contributed by atoms with Gasteiger partial charge in [-0.2, -0.15) is 0 Å². The molecule has 18 heavy (non-hydrogen) atoms. The Balaban J connectivity index is 2.14. The molecule has 0 unspecified atom stereocenters. The fraction of sp³-hybridized carbons (Fsp3) is 0.308. The molecule has 0 saturated carbocycles. The van der Waals surface area contributed by atoms with Crippen molar-refractivity contribution in [2.75, 3.05) is 14.2 Å². The number of methoxy groups -OCH3 is 2. The van der Waals surface area contributed by atoms with Gasteiger partial charge in [0.1, 0.15) is 0 Å². The van der Waals surface area contributed by atoms with Crippen LogP contribution in [0.25, 0.3) is 10.9 Å². The van der Waals surface area contributed by atoms with Crippen molar-refractivity contribution < 1.29 is 9.47 Å². The van der Waals surface area contributed by atoms with E-state index in [1.165, 1.54) is 8.96 Å². The third kappa shape index (κ3) is 3.65. The molecule has 0 amide bonds. The molecule has 0 spiro atoms. The number of halogens is 1. The number of aromatic nitrogens is 1. The van der Waals surface area contributed by atoms with Crippen molar-refractivity contribution in [3.8, 4) is 0 Å². The van der Waals surface area contributed by atoms with E-state index in [2.05, 4.69) is 57.9 Å². The Morgan fingerprint density at radius 1 is 1.22 bits per heavy atom. The van der Waals surface area contributed by atoms with E-state index >= 15 is 0 Å². The summed E-state index contributed by atoms with van der Waals surface area (Å²) >= 11 is 2.58. The maximum atomic E-state index is 5.19. The van der Waals surface area contributed by atoms with E-state index in [-0.39, 0.29) is 21.2 Å². The average molecular weight is 422 g/mol. The van der Waals surface area contributed by atoms with Gasteiger partial charge in [-0.05, 0) is 0 Å². The van der Waals surface area contributed by atoms with Crippen LogP contribution in [-0.2, 0) is 9.47 Å². The van der Waals surface area contributed by atoms with Crippen LogP contribution in [0, 0.1) is 3.57 Å². The van der Waals surface area contributed by atoms with E-state index in [0.29, 0.717) is 0 Å². The van der Waals surface area contributed by atoms with Crippen LogP contribution in [-0.4, -0.2) is 40.5 Å². The Kier molecular flexibility index (Phi) is 5.38. The summed E-state index contributed by atoms with van der Waals surface area (Å²) in [6.07, 6.45) is -0.126. The maximum absolute atomic E-state index is 5.19. The molecular formula is C13H14INO2Se. The molecular weight excluding hydrogens is 408 g/mol. The van der Waals surface area contributed by atoms with Crippen LogP contribution < -0.4 is 4.59 Å². The van der Waals surface area contributed by atoms with E-state index in [0.717, 1.165) is 15.4 Å². The molecule has 0 aliphatic heterocycles. The minimum absolute atomic E-state index is 0.126. The van der Waals surface area contributed by atoms with Crippen molar-refractivity contribution in [1.29, 1.82) is 0 Å². The van der Waals surface area contributed by atoms with Gasteiger partial charge in [-0.25, -0.2) is 0 Å². The second-order valence-corrected chi connectivity index (χ2v) is 7.13. The molecule has 2 aromatic rings.